The van der Waals surface area contributed by atoms with Crippen LogP contribution in [0.1, 0.15) is 19.3 Å². The quantitative estimate of drug-likeness (QED) is 0.628. The lowest BCUT2D eigenvalue weighted by Gasteiger charge is -2.19. The summed E-state index contributed by atoms with van der Waals surface area (Å²) in [5, 5.41) is 0. The van der Waals surface area contributed by atoms with Crippen LogP contribution >= 0.6 is 0 Å². The molecule has 1 fully saturated rings. The molecule has 68 valence electrons. The number of hydrogen-bond acceptors (Lipinski definition) is 3. The second-order valence-corrected chi connectivity index (χ2v) is 3.21. The van der Waals surface area contributed by atoms with Crippen molar-refractivity contribution in [3.8, 4) is 0 Å². The summed E-state index contributed by atoms with van der Waals surface area (Å²) in [6.45, 7) is 4.54. The topological polar surface area (TPSA) is 52.3 Å². The lowest BCUT2D eigenvalue weighted by molar-refractivity contribution is -0.124. The number of allylic oxidation sites excluding steroid dienone is 1. The number of nitrogens with two attached hydrogens (primary N) is 1. The van der Waals surface area contributed by atoms with Crippen LogP contribution in [0.25, 0.3) is 0 Å². The fourth-order valence-electron chi connectivity index (χ4n) is 1.28. The number of rotatable bonds is 4. The van der Waals surface area contributed by atoms with Crippen molar-refractivity contribution < 1.29 is 9.53 Å². The van der Waals surface area contributed by atoms with Crippen LogP contribution in [0.5, 0.6) is 0 Å². The second kappa shape index (κ2) is 3.83. The molecule has 1 atom stereocenters. The molecule has 1 aliphatic rings. The molecule has 1 rings (SSSR count). The number of ether oxygens (including phenoxy) is 1. The molecular formula is C9H15NO2. The normalized spacial score (nSPS) is 28.8. The Morgan fingerprint density at radius 2 is 2.50 bits per heavy atom. The second-order valence-electron chi connectivity index (χ2n) is 3.21. The fourth-order valence-corrected chi connectivity index (χ4v) is 1.28. The van der Waals surface area contributed by atoms with E-state index in [4.69, 9.17) is 10.5 Å². The van der Waals surface area contributed by atoms with Crippen molar-refractivity contribution >= 4 is 5.78 Å². The van der Waals surface area contributed by atoms with Gasteiger partial charge in [-0.2, -0.15) is 0 Å². The summed E-state index contributed by atoms with van der Waals surface area (Å²) >= 11 is 0. The van der Waals surface area contributed by atoms with E-state index >= 15 is 0 Å². The number of carbonyl (C=O) groups excluding carboxylic acids is 1. The Kier molecular flexibility index (Phi) is 3.00. The van der Waals surface area contributed by atoms with Gasteiger partial charge < -0.3 is 10.5 Å². The summed E-state index contributed by atoms with van der Waals surface area (Å²) in [4.78, 5) is 11.5. The Morgan fingerprint density at radius 3 is 3.00 bits per heavy atom. The third-order valence-corrected chi connectivity index (χ3v) is 2.18. The first kappa shape index (κ1) is 9.42. The molecule has 0 spiro atoms. The van der Waals surface area contributed by atoms with Gasteiger partial charge in [-0.1, -0.05) is 6.08 Å². The molecule has 2 N–H and O–H groups in total. The molecule has 0 bridgehead atoms. The summed E-state index contributed by atoms with van der Waals surface area (Å²) < 4.78 is 5.09. The minimum Gasteiger partial charge on any atom is -0.379 e. The van der Waals surface area contributed by atoms with Gasteiger partial charge in [-0.25, -0.2) is 0 Å². The van der Waals surface area contributed by atoms with E-state index in [1.165, 1.54) is 0 Å². The van der Waals surface area contributed by atoms with E-state index in [2.05, 4.69) is 6.58 Å². The van der Waals surface area contributed by atoms with Crippen LogP contribution in [0, 0.1) is 0 Å². The first-order valence-corrected chi connectivity index (χ1v) is 4.20. The van der Waals surface area contributed by atoms with Gasteiger partial charge in [-0.3, -0.25) is 4.79 Å². The van der Waals surface area contributed by atoms with E-state index in [0.29, 0.717) is 32.5 Å². The Bertz CT molecular complexity index is 183. The van der Waals surface area contributed by atoms with Gasteiger partial charge in [0.1, 0.15) is 5.54 Å². The van der Waals surface area contributed by atoms with Crippen LogP contribution in [0.4, 0.5) is 0 Å². The molecule has 0 amide bonds. The molecule has 12 heavy (non-hydrogen) atoms. The molecular weight excluding hydrogens is 154 g/mol. The van der Waals surface area contributed by atoms with Crippen molar-refractivity contribution in [2.24, 2.45) is 5.73 Å². The van der Waals surface area contributed by atoms with Gasteiger partial charge in [0.2, 0.25) is 0 Å². The molecule has 1 heterocycles. The predicted molar refractivity (Wildman–Crippen MR) is 46.8 cm³/mol. The summed E-state index contributed by atoms with van der Waals surface area (Å²) in [6, 6.07) is 0. The maximum Gasteiger partial charge on any atom is 0.155 e. The van der Waals surface area contributed by atoms with Crippen LogP contribution in [-0.4, -0.2) is 24.5 Å². The largest absolute Gasteiger partial charge is 0.379 e. The van der Waals surface area contributed by atoms with Gasteiger partial charge in [0, 0.05) is 13.0 Å². The van der Waals surface area contributed by atoms with Crippen LogP contribution in [-0.2, 0) is 9.53 Å². The Balaban J connectivity index is 2.44. The highest BCUT2D eigenvalue weighted by atomic mass is 16.5. The molecule has 1 aliphatic heterocycles. The standard InChI is InChI=1S/C9H15NO2/c1-2-3-4-8(11)9(10)5-6-12-7-9/h2H,1,3-7,10H2. The number of Topliss-reactive ketones (excluding diaryl/α,β-unsaturated/α-hetero) is 1. The van der Waals surface area contributed by atoms with Crippen LogP contribution in [0.15, 0.2) is 12.7 Å². The number of hydrogen-bond donors (Lipinski definition) is 1. The number of carbonyl (C=O) groups is 1. The van der Waals surface area contributed by atoms with Crippen molar-refractivity contribution in [3.05, 3.63) is 12.7 Å². The zero-order chi connectivity index (χ0) is 9.03. The molecule has 0 aromatic rings. The van der Waals surface area contributed by atoms with Gasteiger partial charge in [0.25, 0.3) is 0 Å². The fraction of sp³-hybridized carbons (Fsp3) is 0.667. The monoisotopic (exact) mass is 169 g/mol. The molecule has 0 aliphatic carbocycles. The average molecular weight is 169 g/mol. The van der Waals surface area contributed by atoms with E-state index in [1.807, 2.05) is 0 Å². The molecule has 3 nitrogen and oxygen atoms in total. The van der Waals surface area contributed by atoms with Crippen LogP contribution in [0.2, 0.25) is 0 Å². The lowest BCUT2D eigenvalue weighted by atomic mass is 9.91. The third kappa shape index (κ3) is 1.93. The molecule has 0 radical (unpaired) electrons. The van der Waals surface area contributed by atoms with E-state index in [-0.39, 0.29) is 5.78 Å². The van der Waals surface area contributed by atoms with Gasteiger partial charge in [0.15, 0.2) is 5.78 Å². The van der Waals surface area contributed by atoms with Gasteiger partial charge in [0.05, 0.1) is 6.61 Å². The Morgan fingerprint density at radius 1 is 1.75 bits per heavy atom. The third-order valence-electron chi connectivity index (χ3n) is 2.18. The number of ketones is 1. The zero-order valence-corrected chi connectivity index (χ0v) is 7.21. The van der Waals surface area contributed by atoms with Crippen molar-refractivity contribution in [1.82, 2.24) is 0 Å². The maximum atomic E-state index is 11.5. The van der Waals surface area contributed by atoms with Crippen molar-refractivity contribution in [2.45, 2.75) is 24.8 Å². The zero-order valence-electron chi connectivity index (χ0n) is 7.21. The van der Waals surface area contributed by atoms with E-state index < -0.39 is 5.54 Å². The minimum absolute atomic E-state index is 0.0971. The minimum atomic E-state index is -0.705. The van der Waals surface area contributed by atoms with Gasteiger partial charge in [-0.15, -0.1) is 6.58 Å². The smallest absolute Gasteiger partial charge is 0.155 e. The molecule has 0 aromatic carbocycles. The van der Waals surface area contributed by atoms with Crippen LogP contribution < -0.4 is 5.73 Å². The summed E-state index contributed by atoms with van der Waals surface area (Å²) in [7, 11) is 0. The highest BCUT2D eigenvalue weighted by Gasteiger charge is 2.36. The maximum absolute atomic E-state index is 11.5. The predicted octanol–water partition coefficient (Wildman–Crippen LogP) is 0.640. The van der Waals surface area contributed by atoms with E-state index in [1.54, 1.807) is 6.08 Å². The molecule has 1 unspecified atom stereocenters. The Labute approximate surface area is 72.6 Å². The summed E-state index contributed by atoms with van der Waals surface area (Å²) in [6.07, 6.45) is 3.58. The molecule has 0 aromatic heterocycles. The first-order chi connectivity index (χ1) is 5.69. The lowest BCUT2D eigenvalue weighted by Crippen LogP contribution is -2.48. The highest BCUT2D eigenvalue weighted by Crippen LogP contribution is 2.18. The van der Waals surface area contributed by atoms with Gasteiger partial charge in [-0.05, 0) is 12.8 Å². The van der Waals surface area contributed by atoms with E-state index in [0.717, 1.165) is 0 Å². The van der Waals surface area contributed by atoms with Gasteiger partial charge >= 0.3 is 0 Å². The summed E-state index contributed by atoms with van der Waals surface area (Å²) in [5.74, 6) is 0.0971. The van der Waals surface area contributed by atoms with E-state index in [9.17, 15) is 4.79 Å². The average Bonchev–Trinajstić information content (AvgIpc) is 2.49. The molecule has 0 saturated carbocycles. The first-order valence-electron chi connectivity index (χ1n) is 4.20. The molecule has 1 saturated heterocycles. The van der Waals surface area contributed by atoms with Crippen molar-refractivity contribution in [3.63, 3.8) is 0 Å². The SMILES string of the molecule is C=CCCC(=O)C1(N)CCOC1. The highest BCUT2D eigenvalue weighted by molar-refractivity contribution is 5.88. The van der Waals surface area contributed by atoms with Crippen LogP contribution in [0.3, 0.4) is 0 Å². The van der Waals surface area contributed by atoms with Crippen molar-refractivity contribution in [1.29, 1.82) is 0 Å². The molecule has 3 heteroatoms. The Hall–Kier alpha value is -0.670. The van der Waals surface area contributed by atoms with Crippen molar-refractivity contribution in [2.75, 3.05) is 13.2 Å². The summed E-state index contributed by atoms with van der Waals surface area (Å²) in [5.41, 5.74) is 5.13.